The maximum atomic E-state index is 12.9. The predicted molar refractivity (Wildman–Crippen MR) is 81.6 cm³/mol. The van der Waals surface area contributed by atoms with E-state index < -0.39 is 10.0 Å². The zero-order valence-electron chi connectivity index (χ0n) is 12.4. The van der Waals surface area contributed by atoms with Gasteiger partial charge in [-0.3, -0.25) is 4.98 Å². The molecular weight excluding hydrogens is 302 g/mol. The Morgan fingerprint density at radius 2 is 2.32 bits per heavy atom. The van der Waals surface area contributed by atoms with Crippen LogP contribution in [0.2, 0.25) is 0 Å². The molecule has 0 saturated carbocycles. The summed E-state index contributed by atoms with van der Waals surface area (Å²) in [6.45, 7) is 4.25. The number of aryl methyl sites for hydroxylation is 1. The van der Waals surface area contributed by atoms with Gasteiger partial charge in [0.15, 0.2) is 5.03 Å². The van der Waals surface area contributed by atoms with Crippen LogP contribution in [0.1, 0.15) is 18.5 Å². The van der Waals surface area contributed by atoms with Crippen molar-refractivity contribution in [3.05, 3.63) is 42.6 Å². The van der Waals surface area contributed by atoms with E-state index in [0.717, 1.165) is 5.56 Å². The van der Waals surface area contributed by atoms with Crippen LogP contribution in [0.25, 0.3) is 0 Å². The number of sulfonamides is 1. The fraction of sp³-hybridized carbons (Fsp3) is 0.429. The number of imidazole rings is 1. The highest BCUT2D eigenvalue weighted by Gasteiger charge is 2.35. The van der Waals surface area contributed by atoms with E-state index in [1.54, 1.807) is 29.5 Å². The van der Waals surface area contributed by atoms with Gasteiger partial charge in [0.25, 0.3) is 10.0 Å². The van der Waals surface area contributed by atoms with E-state index in [4.69, 9.17) is 0 Å². The third-order valence-electron chi connectivity index (χ3n) is 3.81. The van der Waals surface area contributed by atoms with Gasteiger partial charge in [0, 0.05) is 44.8 Å². The number of pyridine rings is 1. The normalized spacial score (nSPS) is 20.1. The van der Waals surface area contributed by atoms with E-state index in [9.17, 15) is 8.42 Å². The third kappa shape index (κ3) is 2.77. The van der Waals surface area contributed by atoms with Gasteiger partial charge in [-0.2, -0.15) is 4.31 Å². The summed E-state index contributed by atoms with van der Waals surface area (Å²) < 4.78 is 29.1. The molecule has 0 spiro atoms. The zero-order chi connectivity index (χ0) is 15.6. The first-order valence-corrected chi connectivity index (χ1v) is 8.71. The molecule has 1 aliphatic heterocycles. The molecule has 1 atom stereocenters. The SMILES string of the molecule is CCn1cnc(S(=O)(=O)N2CCNCC2c2cccnc2)c1. The van der Waals surface area contributed by atoms with Crippen molar-refractivity contribution in [2.75, 3.05) is 19.6 Å². The lowest BCUT2D eigenvalue weighted by Gasteiger charge is -2.34. The van der Waals surface area contributed by atoms with Crippen molar-refractivity contribution in [3.8, 4) is 0 Å². The van der Waals surface area contributed by atoms with Crippen molar-refractivity contribution >= 4 is 10.0 Å². The molecule has 0 aromatic carbocycles. The quantitative estimate of drug-likeness (QED) is 0.893. The molecule has 7 nitrogen and oxygen atoms in total. The van der Waals surface area contributed by atoms with Gasteiger partial charge in [0.2, 0.25) is 0 Å². The van der Waals surface area contributed by atoms with E-state index in [-0.39, 0.29) is 11.1 Å². The molecule has 2 aromatic rings. The molecule has 1 saturated heterocycles. The van der Waals surface area contributed by atoms with Crippen molar-refractivity contribution in [1.82, 2.24) is 24.2 Å². The average molecular weight is 321 g/mol. The van der Waals surface area contributed by atoms with E-state index in [2.05, 4.69) is 15.3 Å². The monoisotopic (exact) mass is 321 g/mol. The van der Waals surface area contributed by atoms with Crippen LogP contribution >= 0.6 is 0 Å². The van der Waals surface area contributed by atoms with Crippen LogP contribution in [0.3, 0.4) is 0 Å². The Balaban J connectivity index is 1.96. The number of nitrogens with zero attached hydrogens (tertiary/aromatic N) is 4. The summed E-state index contributed by atoms with van der Waals surface area (Å²) in [5, 5.41) is 3.35. The minimum atomic E-state index is -3.62. The first-order valence-electron chi connectivity index (χ1n) is 7.27. The summed E-state index contributed by atoms with van der Waals surface area (Å²) >= 11 is 0. The summed E-state index contributed by atoms with van der Waals surface area (Å²) in [7, 11) is -3.62. The maximum Gasteiger partial charge on any atom is 0.262 e. The minimum Gasteiger partial charge on any atom is -0.336 e. The lowest BCUT2D eigenvalue weighted by molar-refractivity contribution is 0.270. The summed E-state index contributed by atoms with van der Waals surface area (Å²) in [4.78, 5) is 8.16. The molecule has 0 radical (unpaired) electrons. The van der Waals surface area contributed by atoms with Crippen LogP contribution in [0.4, 0.5) is 0 Å². The Hall–Kier alpha value is -1.77. The number of piperazine rings is 1. The second-order valence-electron chi connectivity index (χ2n) is 5.16. The van der Waals surface area contributed by atoms with Crippen LogP contribution in [0.5, 0.6) is 0 Å². The number of hydrogen-bond acceptors (Lipinski definition) is 5. The Morgan fingerprint density at radius 1 is 1.45 bits per heavy atom. The van der Waals surface area contributed by atoms with Gasteiger partial charge in [-0.1, -0.05) is 6.07 Å². The van der Waals surface area contributed by atoms with Gasteiger partial charge in [-0.15, -0.1) is 0 Å². The van der Waals surface area contributed by atoms with Crippen LogP contribution in [0.15, 0.2) is 42.1 Å². The number of rotatable bonds is 4. The lowest BCUT2D eigenvalue weighted by atomic mass is 10.1. The molecule has 0 aliphatic carbocycles. The van der Waals surface area contributed by atoms with Gasteiger partial charge < -0.3 is 9.88 Å². The Kier molecular flexibility index (Phi) is 4.23. The molecule has 0 bridgehead atoms. The molecule has 22 heavy (non-hydrogen) atoms. The lowest BCUT2D eigenvalue weighted by Crippen LogP contribution is -2.48. The highest BCUT2D eigenvalue weighted by Crippen LogP contribution is 2.27. The van der Waals surface area contributed by atoms with Crippen molar-refractivity contribution in [1.29, 1.82) is 0 Å². The highest BCUT2D eigenvalue weighted by atomic mass is 32.2. The van der Waals surface area contributed by atoms with Crippen molar-refractivity contribution < 1.29 is 8.42 Å². The second-order valence-corrected chi connectivity index (χ2v) is 7.00. The van der Waals surface area contributed by atoms with Crippen molar-refractivity contribution in [3.63, 3.8) is 0 Å². The minimum absolute atomic E-state index is 0.102. The van der Waals surface area contributed by atoms with Gasteiger partial charge in [-0.05, 0) is 18.6 Å². The molecule has 2 aromatic heterocycles. The number of hydrogen-bond donors (Lipinski definition) is 1. The Morgan fingerprint density at radius 3 is 3.00 bits per heavy atom. The van der Waals surface area contributed by atoms with Crippen molar-refractivity contribution in [2.45, 2.75) is 24.5 Å². The highest BCUT2D eigenvalue weighted by molar-refractivity contribution is 7.89. The fourth-order valence-corrected chi connectivity index (χ4v) is 4.15. The molecule has 1 N–H and O–H groups in total. The maximum absolute atomic E-state index is 12.9. The first kappa shape index (κ1) is 15.1. The molecule has 3 rings (SSSR count). The molecule has 8 heteroatoms. The molecule has 3 heterocycles. The van der Waals surface area contributed by atoms with E-state index >= 15 is 0 Å². The summed E-state index contributed by atoms with van der Waals surface area (Å²) in [6.07, 6.45) is 6.53. The van der Waals surface area contributed by atoms with Crippen LogP contribution in [-0.2, 0) is 16.6 Å². The van der Waals surface area contributed by atoms with Gasteiger partial charge in [0.1, 0.15) is 0 Å². The molecule has 1 unspecified atom stereocenters. The standard InChI is InChI=1S/C14H19N5O2S/c1-2-18-10-14(17-11-18)22(20,21)19-7-6-16-9-13(19)12-4-3-5-15-8-12/h3-5,8,10-11,13,16H,2,6-7,9H2,1H3. The average Bonchev–Trinajstić information content (AvgIpc) is 3.06. The smallest absolute Gasteiger partial charge is 0.262 e. The molecule has 118 valence electrons. The summed E-state index contributed by atoms with van der Waals surface area (Å²) in [5.41, 5.74) is 0.883. The van der Waals surface area contributed by atoms with Crippen molar-refractivity contribution in [2.24, 2.45) is 0 Å². The molecule has 0 amide bonds. The van der Waals surface area contributed by atoms with E-state index in [0.29, 0.717) is 26.2 Å². The Labute approximate surface area is 130 Å². The Bertz CT molecular complexity index is 729. The van der Waals surface area contributed by atoms with Gasteiger partial charge >= 0.3 is 0 Å². The number of aromatic nitrogens is 3. The summed E-state index contributed by atoms with van der Waals surface area (Å²) in [6, 6.07) is 3.46. The van der Waals surface area contributed by atoms with Crippen LogP contribution in [-0.4, -0.2) is 46.9 Å². The van der Waals surface area contributed by atoms with Gasteiger partial charge in [-0.25, -0.2) is 13.4 Å². The predicted octanol–water partition coefficient (Wildman–Crippen LogP) is 0.633. The van der Waals surface area contributed by atoms with Crippen LogP contribution < -0.4 is 5.32 Å². The summed E-state index contributed by atoms with van der Waals surface area (Å²) in [5.74, 6) is 0. The van der Waals surface area contributed by atoms with E-state index in [1.165, 1.54) is 4.31 Å². The third-order valence-corrected chi connectivity index (χ3v) is 5.61. The van der Waals surface area contributed by atoms with E-state index in [1.807, 2.05) is 19.1 Å². The van der Waals surface area contributed by atoms with Gasteiger partial charge in [0.05, 0.1) is 12.4 Å². The second kappa shape index (κ2) is 6.15. The van der Waals surface area contributed by atoms with Crippen LogP contribution in [0, 0.1) is 0 Å². The fourth-order valence-electron chi connectivity index (χ4n) is 2.60. The zero-order valence-corrected chi connectivity index (χ0v) is 13.2. The topological polar surface area (TPSA) is 80.1 Å². The molecule has 1 aliphatic rings. The molecular formula is C14H19N5O2S. The molecule has 1 fully saturated rings. The number of nitrogens with one attached hydrogen (secondary N) is 1. The first-order chi connectivity index (χ1) is 10.6. The largest absolute Gasteiger partial charge is 0.336 e.